The summed E-state index contributed by atoms with van der Waals surface area (Å²) in [6.07, 6.45) is 1.35. The lowest BCUT2D eigenvalue weighted by Crippen LogP contribution is -2.31. The average Bonchev–Trinajstić information content (AvgIpc) is 3.08. The molecular weight excluding hydrogens is 383 g/mol. The highest BCUT2D eigenvalue weighted by Crippen LogP contribution is 2.22. The monoisotopic (exact) mass is 410 g/mol. The average molecular weight is 411 g/mol. The molecule has 0 radical (unpaired) electrons. The van der Waals surface area contributed by atoms with Gasteiger partial charge in [0.15, 0.2) is 5.13 Å². The highest BCUT2D eigenvalue weighted by molar-refractivity contribution is 7.13. The zero-order valence-electron chi connectivity index (χ0n) is 15.1. The molecule has 6 nitrogen and oxygen atoms in total. The van der Waals surface area contributed by atoms with E-state index in [0.717, 1.165) is 31.7 Å². The third-order valence-corrected chi connectivity index (χ3v) is 4.72. The largest absolute Gasteiger partial charge is 0.342 e. The van der Waals surface area contributed by atoms with Gasteiger partial charge < -0.3 is 15.5 Å². The first kappa shape index (κ1) is 24.1. The molecule has 0 bridgehead atoms. The Hall–Kier alpha value is -0.890. The number of hydrogen-bond acceptors (Lipinski definition) is 5. The molecule has 0 spiro atoms. The van der Waals surface area contributed by atoms with Crippen LogP contribution in [0.3, 0.4) is 0 Å². The Balaban J connectivity index is 0.00000288. The van der Waals surface area contributed by atoms with Crippen LogP contribution in [0.2, 0.25) is 0 Å². The number of carbonyl (C=O) groups excluding carboxylic acids is 2. The van der Waals surface area contributed by atoms with Gasteiger partial charge in [-0.3, -0.25) is 9.59 Å². The minimum Gasteiger partial charge on any atom is -0.342 e. The van der Waals surface area contributed by atoms with E-state index in [1.165, 1.54) is 11.3 Å². The topological polar surface area (TPSA) is 74.3 Å². The number of carbonyl (C=O) groups is 2. The Bertz CT molecular complexity index is 575. The molecule has 1 aromatic rings. The van der Waals surface area contributed by atoms with Crippen LogP contribution in [0, 0.1) is 11.3 Å². The lowest BCUT2D eigenvalue weighted by atomic mass is 9.96. The van der Waals surface area contributed by atoms with E-state index in [2.05, 4.69) is 15.6 Å². The number of rotatable bonds is 5. The smallest absolute Gasteiger partial charge is 0.231 e. The standard InChI is InChI=1S/C16H26N4O2S.2ClH/c1-16(2,3)14(22)19-15-18-12(10-23-15)7-13(21)20-6-5-11(9-20)8-17-4;;/h10-11,17H,5-9H2,1-4H3,(H,18,19,22);2*1H. The quantitative estimate of drug-likeness (QED) is 0.781. The van der Waals surface area contributed by atoms with Crippen molar-refractivity contribution in [2.24, 2.45) is 11.3 Å². The van der Waals surface area contributed by atoms with Crippen LogP contribution in [0.5, 0.6) is 0 Å². The number of amides is 2. The Morgan fingerprint density at radius 2 is 2.04 bits per heavy atom. The van der Waals surface area contributed by atoms with Gasteiger partial charge in [0, 0.05) is 23.9 Å². The summed E-state index contributed by atoms with van der Waals surface area (Å²) in [5.74, 6) is 0.586. The molecule has 1 saturated heterocycles. The van der Waals surface area contributed by atoms with Gasteiger partial charge in [-0.25, -0.2) is 4.98 Å². The summed E-state index contributed by atoms with van der Waals surface area (Å²) < 4.78 is 0. The fourth-order valence-electron chi connectivity index (χ4n) is 2.51. The predicted octanol–water partition coefficient (Wildman–Crippen LogP) is 2.58. The first-order valence-electron chi connectivity index (χ1n) is 7.98. The Kier molecular flexibility index (Phi) is 9.94. The van der Waals surface area contributed by atoms with E-state index in [9.17, 15) is 9.59 Å². The highest BCUT2D eigenvalue weighted by atomic mass is 35.5. The zero-order chi connectivity index (χ0) is 17.0. The van der Waals surface area contributed by atoms with Crippen molar-refractivity contribution in [3.8, 4) is 0 Å². The molecule has 2 heterocycles. The van der Waals surface area contributed by atoms with E-state index in [-0.39, 0.29) is 36.6 Å². The minimum absolute atomic E-state index is 0. The SMILES string of the molecule is CNCC1CCN(C(=O)Cc2csc(NC(=O)C(C)(C)C)n2)C1.Cl.Cl. The van der Waals surface area contributed by atoms with Crippen molar-refractivity contribution in [2.45, 2.75) is 33.6 Å². The van der Waals surface area contributed by atoms with Crippen LogP contribution in [0.15, 0.2) is 5.38 Å². The molecule has 0 aliphatic carbocycles. The number of halogens is 2. The van der Waals surface area contributed by atoms with E-state index in [0.29, 0.717) is 17.5 Å². The van der Waals surface area contributed by atoms with E-state index >= 15 is 0 Å². The molecule has 1 aliphatic heterocycles. The third kappa shape index (κ3) is 7.09. The van der Waals surface area contributed by atoms with Gasteiger partial charge in [-0.2, -0.15) is 0 Å². The maximum atomic E-state index is 12.3. The summed E-state index contributed by atoms with van der Waals surface area (Å²) in [6.45, 7) is 8.16. The van der Waals surface area contributed by atoms with Gasteiger partial charge in [-0.15, -0.1) is 36.2 Å². The fraction of sp³-hybridized carbons (Fsp3) is 0.688. The number of anilines is 1. The molecule has 2 N–H and O–H groups in total. The molecular formula is C16H28Cl2N4O2S. The van der Waals surface area contributed by atoms with Crippen molar-refractivity contribution in [3.63, 3.8) is 0 Å². The number of likely N-dealkylation sites (tertiary alicyclic amines) is 1. The van der Waals surface area contributed by atoms with Gasteiger partial charge in [0.05, 0.1) is 12.1 Å². The summed E-state index contributed by atoms with van der Waals surface area (Å²) >= 11 is 1.36. The maximum absolute atomic E-state index is 12.3. The van der Waals surface area contributed by atoms with Crippen molar-refractivity contribution in [1.82, 2.24) is 15.2 Å². The van der Waals surface area contributed by atoms with Gasteiger partial charge in [0.2, 0.25) is 11.8 Å². The Morgan fingerprint density at radius 3 is 2.64 bits per heavy atom. The van der Waals surface area contributed by atoms with Gasteiger partial charge in [0.25, 0.3) is 0 Å². The normalized spacial score (nSPS) is 16.8. The molecule has 1 fully saturated rings. The summed E-state index contributed by atoms with van der Waals surface area (Å²) in [5.41, 5.74) is 0.265. The van der Waals surface area contributed by atoms with Crippen LogP contribution >= 0.6 is 36.2 Å². The number of aromatic nitrogens is 1. The van der Waals surface area contributed by atoms with Crippen LogP contribution < -0.4 is 10.6 Å². The minimum atomic E-state index is -0.459. The van der Waals surface area contributed by atoms with Crippen molar-refractivity contribution in [2.75, 3.05) is 32.0 Å². The second-order valence-corrected chi connectivity index (χ2v) is 7.94. The predicted molar refractivity (Wildman–Crippen MR) is 107 cm³/mol. The fourth-order valence-corrected chi connectivity index (χ4v) is 3.22. The molecule has 1 aromatic heterocycles. The summed E-state index contributed by atoms with van der Waals surface area (Å²) in [4.78, 5) is 30.6. The van der Waals surface area contributed by atoms with Gasteiger partial charge in [-0.1, -0.05) is 20.8 Å². The molecule has 1 aliphatic rings. The van der Waals surface area contributed by atoms with Gasteiger partial charge in [-0.05, 0) is 25.9 Å². The first-order valence-corrected chi connectivity index (χ1v) is 8.86. The van der Waals surface area contributed by atoms with Crippen molar-refractivity contribution in [3.05, 3.63) is 11.1 Å². The highest BCUT2D eigenvalue weighted by Gasteiger charge is 2.26. The summed E-state index contributed by atoms with van der Waals surface area (Å²) in [5, 5.41) is 8.37. The van der Waals surface area contributed by atoms with E-state index in [1.807, 2.05) is 38.1 Å². The van der Waals surface area contributed by atoms with Gasteiger partial charge >= 0.3 is 0 Å². The van der Waals surface area contributed by atoms with E-state index < -0.39 is 5.41 Å². The number of thiazole rings is 1. The van der Waals surface area contributed by atoms with E-state index in [1.54, 1.807) is 0 Å². The van der Waals surface area contributed by atoms with Crippen LogP contribution in [-0.4, -0.2) is 48.4 Å². The van der Waals surface area contributed by atoms with Crippen LogP contribution in [-0.2, 0) is 16.0 Å². The summed E-state index contributed by atoms with van der Waals surface area (Å²) in [7, 11) is 1.94. The number of hydrogen-bond donors (Lipinski definition) is 2. The lowest BCUT2D eigenvalue weighted by molar-refractivity contribution is -0.129. The molecule has 0 saturated carbocycles. The molecule has 2 amide bonds. The zero-order valence-corrected chi connectivity index (χ0v) is 17.6. The van der Waals surface area contributed by atoms with Crippen LogP contribution in [0.1, 0.15) is 32.9 Å². The van der Waals surface area contributed by atoms with Crippen LogP contribution in [0.4, 0.5) is 5.13 Å². The van der Waals surface area contributed by atoms with Crippen molar-refractivity contribution >= 4 is 53.1 Å². The van der Waals surface area contributed by atoms with E-state index in [4.69, 9.17) is 0 Å². The van der Waals surface area contributed by atoms with Gasteiger partial charge in [0.1, 0.15) is 0 Å². The van der Waals surface area contributed by atoms with Crippen molar-refractivity contribution < 1.29 is 9.59 Å². The molecule has 25 heavy (non-hydrogen) atoms. The number of nitrogens with one attached hydrogen (secondary N) is 2. The second-order valence-electron chi connectivity index (χ2n) is 7.08. The molecule has 9 heteroatoms. The molecule has 1 unspecified atom stereocenters. The Labute approximate surface area is 166 Å². The molecule has 144 valence electrons. The first-order chi connectivity index (χ1) is 10.8. The molecule has 2 rings (SSSR count). The number of nitrogens with zero attached hydrogens (tertiary/aromatic N) is 2. The molecule has 1 atom stereocenters. The molecule has 0 aromatic carbocycles. The lowest BCUT2D eigenvalue weighted by Gasteiger charge is -2.16. The third-order valence-electron chi connectivity index (χ3n) is 3.92. The van der Waals surface area contributed by atoms with Crippen molar-refractivity contribution in [1.29, 1.82) is 0 Å². The maximum Gasteiger partial charge on any atom is 0.231 e. The Morgan fingerprint density at radius 1 is 1.36 bits per heavy atom. The summed E-state index contributed by atoms with van der Waals surface area (Å²) in [6, 6.07) is 0. The second kappa shape index (κ2) is 10.3. The van der Waals surface area contributed by atoms with Crippen LogP contribution in [0.25, 0.3) is 0 Å².